The summed E-state index contributed by atoms with van der Waals surface area (Å²) in [5.41, 5.74) is -0.00566. The van der Waals surface area contributed by atoms with Crippen molar-refractivity contribution in [1.82, 2.24) is 4.73 Å². The van der Waals surface area contributed by atoms with Gasteiger partial charge in [-0.2, -0.15) is 0 Å². The fraction of sp³-hybridized carbons (Fsp3) is 0.0909. The second-order valence-corrected chi connectivity index (χ2v) is 3.29. The van der Waals surface area contributed by atoms with Gasteiger partial charge in [0.2, 0.25) is 0 Å². The summed E-state index contributed by atoms with van der Waals surface area (Å²) in [7, 11) is 0. The Morgan fingerprint density at radius 2 is 2.06 bits per heavy atom. The molecule has 0 aliphatic rings. The van der Waals surface area contributed by atoms with Gasteiger partial charge in [-0.3, -0.25) is 4.79 Å². The molecule has 1 aromatic heterocycles. The number of phenols is 1. The van der Waals surface area contributed by atoms with Crippen LogP contribution in [-0.2, 0) is 4.79 Å². The van der Waals surface area contributed by atoms with E-state index in [-0.39, 0.29) is 5.75 Å². The molecule has 0 radical (unpaired) electrons. The molecule has 2 rings (SSSR count). The lowest BCUT2D eigenvalue weighted by Gasteiger charge is -2.07. The van der Waals surface area contributed by atoms with E-state index in [1.165, 1.54) is 31.2 Å². The fourth-order valence-electron chi connectivity index (χ4n) is 1.43. The molecule has 2 aromatic rings. The standard InChI is InChI=1S/C11H9NO4/c1-7(13)16-12-10-4-3-9(14)6-8(10)2-5-11(12)15/h2-6,14H,1H3. The molecule has 0 amide bonds. The number of carbonyl (C=O) groups excluding carboxylic acids is 1. The molecule has 0 aliphatic heterocycles. The van der Waals surface area contributed by atoms with Crippen LogP contribution in [0, 0.1) is 0 Å². The Morgan fingerprint density at radius 3 is 2.75 bits per heavy atom. The van der Waals surface area contributed by atoms with E-state index in [2.05, 4.69) is 0 Å². The van der Waals surface area contributed by atoms with Crippen LogP contribution in [0.3, 0.4) is 0 Å². The van der Waals surface area contributed by atoms with E-state index in [0.29, 0.717) is 10.9 Å². The third-order valence-electron chi connectivity index (χ3n) is 2.06. The van der Waals surface area contributed by atoms with Crippen LogP contribution in [0.2, 0.25) is 0 Å². The Labute approximate surface area is 90.5 Å². The summed E-state index contributed by atoms with van der Waals surface area (Å²) >= 11 is 0. The number of hydrogen-bond acceptors (Lipinski definition) is 4. The number of pyridine rings is 1. The van der Waals surface area contributed by atoms with Crippen LogP contribution in [0.15, 0.2) is 35.1 Å². The van der Waals surface area contributed by atoms with Crippen molar-refractivity contribution in [1.29, 1.82) is 0 Å². The molecule has 0 bridgehead atoms. The quantitative estimate of drug-likeness (QED) is 0.765. The molecule has 5 heteroatoms. The van der Waals surface area contributed by atoms with Crippen molar-refractivity contribution in [3.63, 3.8) is 0 Å². The van der Waals surface area contributed by atoms with Crippen molar-refractivity contribution in [2.24, 2.45) is 0 Å². The molecule has 0 fully saturated rings. The van der Waals surface area contributed by atoms with Gasteiger partial charge in [-0.15, -0.1) is 4.73 Å². The number of aromatic nitrogens is 1. The summed E-state index contributed by atoms with van der Waals surface area (Å²) in [6, 6.07) is 7.23. The van der Waals surface area contributed by atoms with Gasteiger partial charge in [0.15, 0.2) is 0 Å². The molecular formula is C11H9NO4. The lowest BCUT2D eigenvalue weighted by atomic mass is 10.2. The van der Waals surface area contributed by atoms with Gasteiger partial charge in [-0.25, -0.2) is 4.79 Å². The molecule has 0 unspecified atom stereocenters. The lowest BCUT2D eigenvalue weighted by molar-refractivity contribution is -0.141. The molecule has 16 heavy (non-hydrogen) atoms. The molecule has 82 valence electrons. The summed E-state index contributed by atoms with van der Waals surface area (Å²) in [4.78, 5) is 27.1. The van der Waals surface area contributed by atoms with Gasteiger partial charge in [0.05, 0.1) is 5.52 Å². The van der Waals surface area contributed by atoms with Gasteiger partial charge in [-0.05, 0) is 24.3 Å². The average molecular weight is 219 g/mol. The Kier molecular flexibility index (Phi) is 2.36. The van der Waals surface area contributed by atoms with E-state index < -0.39 is 11.5 Å². The maximum absolute atomic E-state index is 11.5. The third kappa shape index (κ3) is 1.75. The van der Waals surface area contributed by atoms with E-state index in [4.69, 9.17) is 4.84 Å². The predicted octanol–water partition coefficient (Wildman–Crippen LogP) is 0.682. The highest BCUT2D eigenvalue weighted by atomic mass is 16.7. The highest BCUT2D eigenvalue weighted by Crippen LogP contribution is 2.17. The molecule has 1 aromatic carbocycles. The maximum atomic E-state index is 11.5. The van der Waals surface area contributed by atoms with Crippen LogP contribution in [0.1, 0.15) is 6.92 Å². The molecule has 0 atom stereocenters. The minimum atomic E-state index is -0.581. The maximum Gasteiger partial charge on any atom is 0.330 e. The van der Waals surface area contributed by atoms with Crippen LogP contribution in [0.4, 0.5) is 0 Å². The molecule has 1 heterocycles. The van der Waals surface area contributed by atoms with Crippen molar-refractivity contribution in [2.75, 3.05) is 0 Å². The molecular weight excluding hydrogens is 210 g/mol. The first-order valence-electron chi connectivity index (χ1n) is 4.61. The first kappa shape index (κ1) is 10.2. The van der Waals surface area contributed by atoms with E-state index in [9.17, 15) is 14.7 Å². The van der Waals surface area contributed by atoms with Crippen LogP contribution < -0.4 is 10.4 Å². The zero-order chi connectivity index (χ0) is 11.7. The minimum Gasteiger partial charge on any atom is -0.508 e. The van der Waals surface area contributed by atoms with Gasteiger partial charge in [-0.1, -0.05) is 0 Å². The SMILES string of the molecule is CC(=O)On1c(=O)ccc2cc(O)ccc21. The van der Waals surface area contributed by atoms with Gasteiger partial charge in [0.25, 0.3) is 5.56 Å². The number of benzene rings is 1. The predicted molar refractivity (Wildman–Crippen MR) is 57.1 cm³/mol. The molecule has 1 N–H and O–H groups in total. The summed E-state index contributed by atoms with van der Waals surface area (Å²) in [6.45, 7) is 1.21. The van der Waals surface area contributed by atoms with E-state index in [1.807, 2.05) is 0 Å². The van der Waals surface area contributed by atoms with Crippen molar-refractivity contribution in [2.45, 2.75) is 6.92 Å². The monoisotopic (exact) mass is 219 g/mol. The number of carbonyl (C=O) groups is 1. The van der Waals surface area contributed by atoms with Gasteiger partial charge in [0.1, 0.15) is 5.75 Å². The van der Waals surface area contributed by atoms with Crippen LogP contribution in [-0.4, -0.2) is 15.8 Å². The number of rotatable bonds is 1. The first-order chi connectivity index (χ1) is 7.58. The molecule has 5 nitrogen and oxygen atoms in total. The smallest absolute Gasteiger partial charge is 0.330 e. The zero-order valence-electron chi connectivity index (χ0n) is 8.51. The Bertz CT molecular complexity index is 615. The molecule has 0 aliphatic carbocycles. The van der Waals surface area contributed by atoms with Crippen LogP contribution in [0.25, 0.3) is 10.9 Å². The summed E-state index contributed by atoms with van der Waals surface area (Å²) in [5.74, 6) is -0.497. The van der Waals surface area contributed by atoms with E-state index in [1.54, 1.807) is 6.07 Å². The second-order valence-electron chi connectivity index (χ2n) is 3.29. The topological polar surface area (TPSA) is 68.5 Å². The Balaban J connectivity index is 2.74. The van der Waals surface area contributed by atoms with E-state index >= 15 is 0 Å². The summed E-state index contributed by atoms with van der Waals surface area (Å²) in [6.07, 6.45) is 0. The second kappa shape index (κ2) is 3.69. The number of aromatic hydroxyl groups is 1. The summed E-state index contributed by atoms with van der Waals surface area (Å²) in [5, 5.41) is 9.89. The van der Waals surface area contributed by atoms with Crippen LogP contribution >= 0.6 is 0 Å². The van der Waals surface area contributed by atoms with Gasteiger partial charge < -0.3 is 9.94 Å². The zero-order valence-corrected chi connectivity index (χ0v) is 8.51. The van der Waals surface area contributed by atoms with Gasteiger partial charge >= 0.3 is 5.97 Å². The average Bonchev–Trinajstić information content (AvgIpc) is 2.22. The van der Waals surface area contributed by atoms with E-state index in [0.717, 1.165) is 4.73 Å². The minimum absolute atomic E-state index is 0.0838. The van der Waals surface area contributed by atoms with Crippen molar-refractivity contribution in [3.05, 3.63) is 40.7 Å². The highest BCUT2D eigenvalue weighted by molar-refractivity contribution is 5.80. The van der Waals surface area contributed by atoms with Crippen molar-refractivity contribution in [3.8, 4) is 5.75 Å². The third-order valence-corrected chi connectivity index (χ3v) is 2.06. The Hall–Kier alpha value is -2.30. The lowest BCUT2D eigenvalue weighted by Crippen LogP contribution is -2.29. The summed E-state index contributed by atoms with van der Waals surface area (Å²) < 4.78 is 0.900. The Morgan fingerprint density at radius 1 is 1.31 bits per heavy atom. The van der Waals surface area contributed by atoms with Crippen molar-refractivity contribution >= 4 is 16.9 Å². The van der Waals surface area contributed by atoms with Crippen molar-refractivity contribution < 1.29 is 14.7 Å². The van der Waals surface area contributed by atoms with Gasteiger partial charge in [0, 0.05) is 18.4 Å². The molecule has 0 spiro atoms. The number of fused-ring (bicyclic) bond motifs is 1. The first-order valence-corrected chi connectivity index (χ1v) is 4.61. The fourth-order valence-corrected chi connectivity index (χ4v) is 1.43. The number of hydrogen-bond donors (Lipinski definition) is 1. The highest BCUT2D eigenvalue weighted by Gasteiger charge is 2.06. The molecule has 0 saturated carbocycles. The normalized spacial score (nSPS) is 10.3. The number of phenolic OH excluding ortho intramolecular Hbond substituents is 1. The largest absolute Gasteiger partial charge is 0.508 e. The number of nitrogens with zero attached hydrogens (tertiary/aromatic N) is 1. The molecule has 0 saturated heterocycles. The van der Waals surface area contributed by atoms with Crippen LogP contribution in [0.5, 0.6) is 5.75 Å².